The minimum Gasteiger partial charge on any atom is -0.747 e. The molecule has 0 spiro atoms. The van der Waals surface area contributed by atoms with Crippen molar-refractivity contribution >= 4 is 25.3 Å². The van der Waals surface area contributed by atoms with Gasteiger partial charge in [-0.15, -0.1) is 0 Å². The fraction of sp³-hybridized carbons (Fsp3) is 0.167. The van der Waals surface area contributed by atoms with Crippen molar-refractivity contribution < 1.29 is 72.8 Å². The summed E-state index contributed by atoms with van der Waals surface area (Å²) in [4.78, 5) is -0.419. The Kier molecular flexibility index (Phi) is 6.00. The molecule has 0 amide bonds. The van der Waals surface area contributed by atoms with Gasteiger partial charge >= 0.3 is 51.4 Å². The summed E-state index contributed by atoms with van der Waals surface area (Å²) in [5.41, 5.74) is 0. The van der Waals surface area contributed by atoms with Gasteiger partial charge in [-0.25, -0.2) is 8.42 Å². The Morgan fingerprint density at radius 3 is 2.21 bits per heavy atom. The molecule has 0 radical (unpaired) electrons. The number of rotatable bonds is 1. The Balaban J connectivity index is 0.00000169. The van der Waals surface area contributed by atoms with Crippen molar-refractivity contribution in [3.05, 3.63) is 24.3 Å². The van der Waals surface area contributed by atoms with E-state index in [1.54, 1.807) is 0 Å². The van der Waals surface area contributed by atoms with Crippen molar-refractivity contribution in [1.29, 1.82) is 0 Å². The maximum Gasteiger partial charge on any atom is 1.00 e. The topological polar surface area (TPSA) is 91.3 Å². The normalized spacial score (nSPS) is 20.4. The second kappa shape index (κ2) is 5.71. The van der Waals surface area contributed by atoms with Crippen molar-refractivity contribution in [1.82, 2.24) is 0 Å². The van der Waals surface area contributed by atoms with Crippen LogP contribution in [0, 0.1) is 0 Å². The average molecular weight is 260 g/mol. The molecule has 0 saturated heterocycles. The van der Waals surface area contributed by atoms with Gasteiger partial charge in [0.25, 0.3) is 0 Å². The summed E-state index contributed by atoms with van der Waals surface area (Å²) in [5.74, 6) is 0. The van der Waals surface area contributed by atoms with E-state index in [-0.39, 0.29) is 51.4 Å². The molecular weight excluding hydrogens is 255 g/mol. The molecule has 5 nitrogen and oxygen atoms in total. The zero-order chi connectivity index (χ0) is 10.1. The molecule has 1 atom stereocenters. The van der Waals surface area contributed by atoms with Crippen LogP contribution in [0.25, 0.3) is 0 Å². The Hall–Kier alpha value is 0.716. The third-order valence-electron chi connectivity index (χ3n) is 1.44. The van der Waals surface area contributed by atoms with Gasteiger partial charge in [0, 0.05) is 0 Å². The Morgan fingerprint density at radius 2 is 1.86 bits per heavy atom. The largest absolute Gasteiger partial charge is 1.00 e. The molecule has 0 bridgehead atoms. The molecule has 72 valence electrons. The first-order valence-corrected chi connectivity index (χ1v) is 5.73. The smallest absolute Gasteiger partial charge is 0.747 e. The molecule has 1 rings (SSSR count). The van der Waals surface area contributed by atoms with Crippen LogP contribution in [0.15, 0.2) is 24.3 Å². The third-order valence-corrected chi connectivity index (χ3v) is 3.40. The maximum atomic E-state index is 10.6. The van der Waals surface area contributed by atoms with Crippen LogP contribution in [0.2, 0.25) is 0 Å². The summed E-state index contributed by atoms with van der Waals surface area (Å²) in [7, 11) is -7.32. The zero-order valence-electron chi connectivity index (χ0n) is 7.24. The van der Waals surface area contributed by atoms with Gasteiger partial charge in [-0.3, -0.25) is 0 Å². The number of hydrogen-bond acceptors (Lipinski definition) is 5. The quantitative estimate of drug-likeness (QED) is 0.273. The van der Waals surface area contributed by atoms with E-state index in [0.717, 1.165) is 12.2 Å². The van der Waals surface area contributed by atoms with E-state index in [9.17, 15) is 21.4 Å². The predicted octanol–water partition coefficient (Wildman–Crippen LogP) is -3.92. The molecule has 0 aromatic carbocycles. The fourth-order valence-electron chi connectivity index (χ4n) is 0.894. The van der Waals surface area contributed by atoms with Crippen LogP contribution >= 0.6 is 0 Å². The Labute approximate surface area is 126 Å². The van der Waals surface area contributed by atoms with Crippen LogP contribution in [-0.2, 0) is 20.4 Å². The Bertz CT molecular complexity index is 488. The standard InChI is InChI=1S/C6H6O5S2.K/c7-12(8)5-3-1-2-4-6(5)13(9,10)11;/h1-4,6H,(H,9,10,11);/q;+1/p-1. The monoisotopic (exact) mass is 260 g/mol. The minimum absolute atomic E-state index is 0. The molecule has 14 heavy (non-hydrogen) atoms. The first-order valence-electron chi connectivity index (χ1n) is 3.18. The van der Waals surface area contributed by atoms with E-state index in [1.807, 2.05) is 0 Å². The van der Waals surface area contributed by atoms with Crippen molar-refractivity contribution in [3.63, 3.8) is 0 Å². The molecule has 0 fully saturated rings. The molecule has 8 heteroatoms. The first kappa shape index (κ1) is 14.7. The molecule has 0 aromatic heterocycles. The van der Waals surface area contributed by atoms with Gasteiger partial charge in [-0.2, -0.15) is 8.42 Å². The molecule has 1 unspecified atom stereocenters. The second-order valence-electron chi connectivity index (χ2n) is 2.29. The van der Waals surface area contributed by atoms with Gasteiger partial charge in [0.1, 0.15) is 15.4 Å². The third kappa shape index (κ3) is 3.70. The fourth-order valence-corrected chi connectivity index (χ4v) is 2.59. The van der Waals surface area contributed by atoms with Gasteiger partial charge in [0.15, 0.2) is 0 Å². The van der Waals surface area contributed by atoms with Gasteiger partial charge in [0.2, 0.25) is 10.3 Å². The second-order valence-corrected chi connectivity index (χ2v) is 4.73. The van der Waals surface area contributed by atoms with Crippen molar-refractivity contribution in [2.45, 2.75) is 5.25 Å². The molecule has 0 aromatic rings. The molecule has 0 N–H and O–H groups in total. The minimum atomic E-state index is -4.64. The van der Waals surface area contributed by atoms with Gasteiger partial charge < -0.3 is 4.55 Å². The number of allylic oxidation sites excluding steroid dienone is 3. The average Bonchev–Trinajstić information content (AvgIpc) is 2.03. The van der Waals surface area contributed by atoms with E-state index in [4.69, 9.17) is 0 Å². The van der Waals surface area contributed by atoms with Crippen LogP contribution in [0.5, 0.6) is 0 Å². The first-order chi connectivity index (χ1) is 5.93. The predicted molar refractivity (Wildman–Crippen MR) is 45.7 cm³/mol. The van der Waals surface area contributed by atoms with Crippen LogP contribution < -0.4 is 51.4 Å². The molecule has 1 aliphatic carbocycles. The van der Waals surface area contributed by atoms with Crippen LogP contribution in [-0.4, -0.2) is 31.5 Å². The van der Waals surface area contributed by atoms with E-state index in [2.05, 4.69) is 0 Å². The van der Waals surface area contributed by atoms with Gasteiger partial charge in [-0.05, 0) is 6.08 Å². The maximum absolute atomic E-state index is 10.6. The summed E-state index contributed by atoms with van der Waals surface area (Å²) < 4.78 is 52.7. The molecule has 1 aliphatic rings. The zero-order valence-corrected chi connectivity index (χ0v) is 12.0. The van der Waals surface area contributed by atoms with Crippen LogP contribution in [0.1, 0.15) is 0 Å². The van der Waals surface area contributed by atoms with E-state index in [0.29, 0.717) is 0 Å². The summed E-state index contributed by atoms with van der Waals surface area (Å²) in [6, 6.07) is 0. The van der Waals surface area contributed by atoms with E-state index in [1.165, 1.54) is 12.2 Å². The van der Waals surface area contributed by atoms with Crippen LogP contribution in [0.3, 0.4) is 0 Å². The Morgan fingerprint density at radius 1 is 1.29 bits per heavy atom. The van der Waals surface area contributed by atoms with Crippen molar-refractivity contribution in [2.75, 3.05) is 0 Å². The van der Waals surface area contributed by atoms with Gasteiger partial charge in [-0.1, -0.05) is 18.2 Å². The van der Waals surface area contributed by atoms with Crippen molar-refractivity contribution in [3.8, 4) is 0 Å². The summed E-state index contributed by atoms with van der Waals surface area (Å²) in [6.45, 7) is 0. The SMILES string of the molecule is O=S(=O)=C1C=CC=CC1S(=O)(=O)[O-].[K+]. The van der Waals surface area contributed by atoms with Crippen LogP contribution in [0.4, 0.5) is 0 Å². The summed E-state index contributed by atoms with van der Waals surface area (Å²) >= 11 is 0. The van der Waals surface area contributed by atoms with E-state index < -0.39 is 30.5 Å². The summed E-state index contributed by atoms with van der Waals surface area (Å²) in [5, 5.41) is -1.59. The molecule has 0 heterocycles. The molecule has 0 saturated carbocycles. The summed E-state index contributed by atoms with van der Waals surface area (Å²) in [6.07, 6.45) is 4.79. The number of hydrogen-bond donors (Lipinski definition) is 0. The van der Waals surface area contributed by atoms with E-state index >= 15 is 0 Å². The van der Waals surface area contributed by atoms with Crippen molar-refractivity contribution in [2.24, 2.45) is 0 Å². The van der Waals surface area contributed by atoms with Gasteiger partial charge in [0.05, 0.1) is 4.86 Å². The molecular formula is C6H5KO5S2. The molecule has 0 aliphatic heterocycles.